The smallest absolute Gasteiger partial charge is 0.338 e. The Bertz CT molecular complexity index is 492. The minimum atomic E-state index is -1.27. The summed E-state index contributed by atoms with van der Waals surface area (Å²) in [6, 6.07) is 0. The number of carbonyl (C=O) groups excluding carboxylic acids is 1. The first-order chi connectivity index (χ1) is 19.1. The molecule has 0 saturated carbocycles. The molecule has 0 aromatic rings. The summed E-state index contributed by atoms with van der Waals surface area (Å²) in [6.45, 7) is 7.19. The van der Waals surface area contributed by atoms with Crippen LogP contribution in [0.2, 0.25) is 0 Å². The summed E-state index contributed by atoms with van der Waals surface area (Å²) >= 11 is 0. The molecule has 234 valence electrons. The number of ether oxygens (including phenoxy) is 1. The highest BCUT2D eigenvalue weighted by atomic mass is 16.5. The fourth-order valence-corrected chi connectivity index (χ4v) is 5.67. The summed E-state index contributed by atoms with van der Waals surface area (Å²) in [7, 11) is 0. The molecule has 1 atom stereocenters. The lowest BCUT2D eigenvalue weighted by Gasteiger charge is -2.26. The summed E-state index contributed by atoms with van der Waals surface area (Å²) < 4.78 is 5.60. The van der Waals surface area contributed by atoms with E-state index in [0.717, 1.165) is 38.5 Å². The molecule has 0 aromatic heterocycles. The van der Waals surface area contributed by atoms with Gasteiger partial charge in [-0.2, -0.15) is 0 Å². The molecular weight excluding hydrogens is 480 g/mol. The van der Waals surface area contributed by atoms with Crippen molar-refractivity contribution in [2.24, 2.45) is 0 Å². The molecule has 0 amide bonds. The second-order valence-corrected chi connectivity index (χ2v) is 12.5. The van der Waals surface area contributed by atoms with Crippen molar-refractivity contribution < 1.29 is 14.6 Å². The Morgan fingerprint density at radius 3 is 1.03 bits per heavy atom. The highest BCUT2D eigenvalue weighted by Gasteiger charge is 2.36. The minimum Gasteiger partial charge on any atom is -0.464 e. The standard InChI is InChI=1S/C36H72O3/c1-4-7-10-13-15-17-18-19-20-21-22-23-24-25-27-30-33-36(38,32-29-12-9-6-3)35(37)39-34-31-28-26-16-14-11-8-5-2/h38H,4-34H2,1-3H3. The van der Waals surface area contributed by atoms with Crippen LogP contribution in [0.3, 0.4) is 0 Å². The SMILES string of the molecule is CCCCCCCCCCCCCCCCCCC(O)(CCCCCC)C(=O)OCCCCCCCCCC. The van der Waals surface area contributed by atoms with Crippen molar-refractivity contribution in [3.05, 3.63) is 0 Å². The van der Waals surface area contributed by atoms with Gasteiger partial charge >= 0.3 is 5.97 Å². The van der Waals surface area contributed by atoms with Gasteiger partial charge in [0.05, 0.1) is 6.61 Å². The first-order valence-corrected chi connectivity index (χ1v) is 18.0. The monoisotopic (exact) mass is 553 g/mol. The van der Waals surface area contributed by atoms with Crippen molar-refractivity contribution in [3.8, 4) is 0 Å². The van der Waals surface area contributed by atoms with Gasteiger partial charge in [-0.1, -0.05) is 181 Å². The van der Waals surface area contributed by atoms with Gasteiger partial charge in [-0.15, -0.1) is 0 Å². The Hall–Kier alpha value is -0.570. The number of esters is 1. The Morgan fingerprint density at radius 1 is 0.436 bits per heavy atom. The van der Waals surface area contributed by atoms with Gasteiger partial charge < -0.3 is 9.84 Å². The molecule has 0 aliphatic carbocycles. The molecule has 1 N–H and O–H groups in total. The second-order valence-electron chi connectivity index (χ2n) is 12.5. The lowest BCUT2D eigenvalue weighted by Crippen LogP contribution is -2.40. The number of rotatable bonds is 32. The minimum absolute atomic E-state index is 0.358. The number of unbranched alkanes of at least 4 members (excludes halogenated alkanes) is 25. The van der Waals surface area contributed by atoms with Crippen LogP contribution in [0.1, 0.15) is 213 Å². The number of hydrogen-bond donors (Lipinski definition) is 1. The zero-order valence-electron chi connectivity index (χ0n) is 27.2. The molecule has 0 spiro atoms. The zero-order valence-corrected chi connectivity index (χ0v) is 27.2. The van der Waals surface area contributed by atoms with Crippen LogP contribution in [0.5, 0.6) is 0 Å². The molecule has 0 heterocycles. The van der Waals surface area contributed by atoms with Gasteiger partial charge in [-0.25, -0.2) is 4.79 Å². The van der Waals surface area contributed by atoms with Crippen molar-refractivity contribution >= 4 is 5.97 Å². The van der Waals surface area contributed by atoms with Crippen LogP contribution in [0.4, 0.5) is 0 Å². The van der Waals surface area contributed by atoms with Gasteiger partial charge in [-0.3, -0.25) is 0 Å². The normalized spacial score (nSPS) is 13.0. The fraction of sp³-hybridized carbons (Fsp3) is 0.972. The van der Waals surface area contributed by atoms with Crippen molar-refractivity contribution in [1.82, 2.24) is 0 Å². The average molecular weight is 553 g/mol. The molecule has 0 aliphatic rings. The van der Waals surface area contributed by atoms with Gasteiger partial charge in [0.1, 0.15) is 0 Å². The zero-order chi connectivity index (χ0) is 28.7. The topological polar surface area (TPSA) is 46.5 Å². The highest BCUT2D eigenvalue weighted by molar-refractivity contribution is 5.79. The molecule has 1 unspecified atom stereocenters. The molecular formula is C36H72O3. The van der Waals surface area contributed by atoms with Crippen molar-refractivity contribution in [2.45, 2.75) is 219 Å². The third-order valence-corrected chi connectivity index (χ3v) is 8.50. The summed E-state index contributed by atoms with van der Waals surface area (Å²) in [4.78, 5) is 12.9. The van der Waals surface area contributed by atoms with E-state index in [2.05, 4.69) is 20.8 Å². The average Bonchev–Trinajstić information content (AvgIpc) is 2.94. The molecule has 0 aliphatic heterocycles. The van der Waals surface area contributed by atoms with Crippen LogP contribution >= 0.6 is 0 Å². The predicted octanol–water partition coefficient (Wildman–Crippen LogP) is 12.0. The molecule has 0 rings (SSSR count). The molecule has 0 fully saturated rings. The molecule has 0 aromatic carbocycles. The summed E-state index contributed by atoms with van der Waals surface area (Å²) in [5.74, 6) is -0.358. The molecule has 3 heteroatoms. The molecule has 0 saturated heterocycles. The van der Waals surface area contributed by atoms with Gasteiger partial charge in [-0.05, 0) is 32.1 Å². The molecule has 39 heavy (non-hydrogen) atoms. The van der Waals surface area contributed by atoms with E-state index < -0.39 is 5.60 Å². The maximum absolute atomic E-state index is 12.9. The largest absolute Gasteiger partial charge is 0.464 e. The predicted molar refractivity (Wildman–Crippen MR) is 171 cm³/mol. The van der Waals surface area contributed by atoms with Gasteiger partial charge in [0, 0.05) is 0 Å². The van der Waals surface area contributed by atoms with E-state index in [1.54, 1.807) is 0 Å². The maximum atomic E-state index is 12.9. The maximum Gasteiger partial charge on any atom is 0.338 e. The van der Waals surface area contributed by atoms with Crippen LogP contribution in [0, 0.1) is 0 Å². The lowest BCUT2D eigenvalue weighted by molar-refractivity contribution is -0.167. The Labute approximate surface area is 246 Å². The summed E-state index contributed by atoms with van der Waals surface area (Å²) in [6.07, 6.45) is 36.7. The van der Waals surface area contributed by atoms with Crippen molar-refractivity contribution in [2.75, 3.05) is 6.61 Å². The van der Waals surface area contributed by atoms with Crippen LogP contribution < -0.4 is 0 Å². The number of hydrogen-bond acceptors (Lipinski definition) is 3. The molecule has 0 radical (unpaired) electrons. The first-order valence-electron chi connectivity index (χ1n) is 18.0. The highest BCUT2D eigenvalue weighted by Crippen LogP contribution is 2.25. The quantitative estimate of drug-likeness (QED) is 0.0666. The van der Waals surface area contributed by atoms with Gasteiger partial charge in [0.2, 0.25) is 0 Å². The van der Waals surface area contributed by atoms with E-state index in [1.807, 2.05) is 0 Å². The van der Waals surface area contributed by atoms with E-state index in [4.69, 9.17) is 4.74 Å². The van der Waals surface area contributed by atoms with Crippen LogP contribution in [-0.2, 0) is 9.53 Å². The van der Waals surface area contributed by atoms with Crippen molar-refractivity contribution in [3.63, 3.8) is 0 Å². The number of aliphatic hydroxyl groups is 1. The van der Waals surface area contributed by atoms with Gasteiger partial charge in [0.15, 0.2) is 5.60 Å². The Balaban J connectivity index is 3.93. The van der Waals surface area contributed by atoms with E-state index in [1.165, 1.54) is 141 Å². The summed E-state index contributed by atoms with van der Waals surface area (Å²) in [5, 5.41) is 11.2. The molecule has 0 bridgehead atoms. The first kappa shape index (κ1) is 38.4. The number of carbonyl (C=O) groups is 1. The fourth-order valence-electron chi connectivity index (χ4n) is 5.67. The van der Waals surface area contributed by atoms with Crippen LogP contribution in [-0.4, -0.2) is 23.3 Å². The molecule has 3 nitrogen and oxygen atoms in total. The summed E-state index contributed by atoms with van der Waals surface area (Å²) in [5.41, 5.74) is -1.27. The van der Waals surface area contributed by atoms with Crippen LogP contribution in [0.25, 0.3) is 0 Å². The Morgan fingerprint density at radius 2 is 0.692 bits per heavy atom. The third kappa shape index (κ3) is 26.1. The van der Waals surface area contributed by atoms with E-state index in [0.29, 0.717) is 19.4 Å². The van der Waals surface area contributed by atoms with E-state index in [9.17, 15) is 9.90 Å². The van der Waals surface area contributed by atoms with Gasteiger partial charge in [0.25, 0.3) is 0 Å². The Kier molecular flexibility index (Phi) is 29.9. The van der Waals surface area contributed by atoms with E-state index >= 15 is 0 Å². The van der Waals surface area contributed by atoms with Crippen molar-refractivity contribution in [1.29, 1.82) is 0 Å². The third-order valence-electron chi connectivity index (χ3n) is 8.50. The second kappa shape index (κ2) is 30.4. The van der Waals surface area contributed by atoms with Crippen LogP contribution in [0.15, 0.2) is 0 Å². The van der Waals surface area contributed by atoms with E-state index in [-0.39, 0.29) is 5.97 Å². The lowest BCUT2D eigenvalue weighted by atomic mass is 9.89.